The number of rotatable bonds is 5. The third-order valence-electron chi connectivity index (χ3n) is 7.04. The molecule has 6 rings (SSSR count). The van der Waals surface area contributed by atoms with Crippen molar-refractivity contribution in [1.82, 2.24) is 4.98 Å². The molecular formula is C29H29N3O6S. The average molecular weight is 548 g/mol. The molecule has 1 aromatic carbocycles. The largest absolute Gasteiger partial charge is 0.463 e. The molecule has 10 heteroatoms. The molecule has 5 heterocycles. The number of furan rings is 1. The Morgan fingerprint density at radius 3 is 2.59 bits per heavy atom. The van der Waals surface area contributed by atoms with Gasteiger partial charge < -0.3 is 28.8 Å². The number of morpholine rings is 1. The number of carbonyl (C=O) groups excluding carboxylic acids is 2. The molecule has 0 radical (unpaired) electrons. The summed E-state index contributed by atoms with van der Waals surface area (Å²) in [5.41, 5.74) is 2.88. The van der Waals surface area contributed by atoms with Crippen molar-refractivity contribution < 1.29 is 28.2 Å². The third kappa shape index (κ3) is 4.80. The zero-order chi connectivity index (χ0) is 27.1. The SMILES string of the molecule is COC(=O)c1ccc(-c2sc3nc(N4CCOCC4)c4c(c3c2NC(=O)c2ccccc2)CC(C)(C)OC4)o1. The van der Waals surface area contributed by atoms with Crippen LogP contribution in [0.25, 0.3) is 20.9 Å². The number of fused-ring (bicyclic) bond motifs is 3. The van der Waals surface area contributed by atoms with Crippen LogP contribution in [0.4, 0.5) is 11.5 Å². The van der Waals surface area contributed by atoms with Crippen LogP contribution in [-0.2, 0) is 27.2 Å². The molecule has 0 aliphatic carbocycles. The molecule has 2 aliphatic rings. The fourth-order valence-electron chi connectivity index (χ4n) is 5.09. The number of anilines is 2. The lowest BCUT2D eigenvalue weighted by atomic mass is 9.89. The van der Waals surface area contributed by atoms with Gasteiger partial charge in [0.2, 0.25) is 5.76 Å². The van der Waals surface area contributed by atoms with Gasteiger partial charge in [0.1, 0.15) is 16.4 Å². The lowest BCUT2D eigenvalue weighted by molar-refractivity contribution is -0.0396. The van der Waals surface area contributed by atoms with Crippen LogP contribution in [0, 0.1) is 0 Å². The number of ether oxygens (including phenoxy) is 3. The number of esters is 1. The Morgan fingerprint density at radius 2 is 1.85 bits per heavy atom. The predicted octanol–water partition coefficient (Wildman–Crippen LogP) is 5.28. The van der Waals surface area contributed by atoms with Crippen LogP contribution in [-0.4, -0.2) is 55.9 Å². The predicted molar refractivity (Wildman–Crippen MR) is 149 cm³/mol. The number of benzene rings is 1. The van der Waals surface area contributed by atoms with Gasteiger partial charge in [0.25, 0.3) is 5.91 Å². The first-order valence-corrected chi connectivity index (χ1v) is 13.7. The molecule has 39 heavy (non-hydrogen) atoms. The topological polar surface area (TPSA) is 103 Å². The first-order valence-electron chi connectivity index (χ1n) is 12.8. The maximum atomic E-state index is 13.4. The van der Waals surface area contributed by atoms with Crippen molar-refractivity contribution in [3.63, 3.8) is 0 Å². The van der Waals surface area contributed by atoms with Gasteiger partial charge in [-0.05, 0) is 43.7 Å². The molecule has 4 aromatic rings. The first kappa shape index (κ1) is 25.5. The molecule has 2 aliphatic heterocycles. The van der Waals surface area contributed by atoms with Crippen LogP contribution >= 0.6 is 11.3 Å². The van der Waals surface area contributed by atoms with Gasteiger partial charge >= 0.3 is 5.97 Å². The van der Waals surface area contributed by atoms with Crippen LogP contribution in [0.15, 0.2) is 46.9 Å². The minimum atomic E-state index is -0.568. The molecular weight excluding hydrogens is 518 g/mol. The number of pyridine rings is 1. The van der Waals surface area contributed by atoms with E-state index in [2.05, 4.69) is 24.1 Å². The number of nitrogens with zero attached hydrogens (tertiary/aromatic N) is 2. The normalized spacial score (nSPS) is 16.6. The van der Waals surface area contributed by atoms with Gasteiger partial charge in [-0.2, -0.15) is 0 Å². The zero-order valence-electron chi connectivity index (χ0n) is 22.0. The van der Waals surface area contributed by atoms with Gasteiger partial charge in [-0.25, -0.2) is 9.78 Å². The van der Waals surface area contributed by atoms with Gasteiger partial charge in [0, 0.05) is 36.0 Å². The highest BCUT2D eigenvalue weighted by Gasteiger charge is 2.34. The number of hydrogen-bond acceptors (Lipinski definition) is 9. The number of hydrogen-bond donors (Lipinski definition) is 1. The van der Waals surface area contributed by atoms with E-state index in [0.717, 1.165) is 40.3 Å². The van der Waals surface area contributed by atoms with E-state index in [4.69, 9.17) is 23.6 Å². The molecule has 0 bridgehead atoms. The second kappa shape index (κ2) is 10.1. The van der Waals surface area contributed by atoms with Crippen LogP contribution in [0.3, 0.4) is 0 Å². The standard InChI is InChI=1S/C29H29N3O6S/c1-29(2)15-18-19(16-37-29)25(32-11-13-36-14-12-32)31-27-22(18)23(30-26(33)17-7-5-4-6-8-17)24(39-27)20-9-10-21(38-20)28(34)35-3/h4-10H,11-16H2,1-3H3,(H,30,33). The third-order valence-corrected chi connectivity index (χ3v) is 8.14. The molecule has 0 atom stereocenters. The van der Waals surface area contributed by atoms with E-state index in [1.165, 1.54) is 18.4 Å². The van der Waals surface area contributed by atoms with Crippen molar-refractivity contribution in [2.75, 3.05) is 43.6 Å². The first-order chi connectivity index (χ1) is 18.8. The minimum absolute atomic E-state index is 0.0869. The summed E-state index contributed by atoms with van der Waals surface area (Å²) in [6.07, 6.45) is 0.647. The molecule has 1 fully saturated rings. The Morgan fingerprint density at radius 1 is 1.08 bits per heavy atom. The van der Waals surface area contributed by atoms with Crippen LogP contribution < -0.4 is 10.2 Å². The molecule has 202 valence electrons. The molecule has 9 nitrogen and oxygen atoms in total. The Kier molecular flexibility index (Phi) is 6.62. The van der Waals surface area contributed by atoms with E-state index in [-0.39, 0.29) is 11.7 Å². The number of aromatic nitrogens is 1. The summed E-state index contributed by atoms with van der Waals surface area (Å²) in [7, 11) is 1.31. The molecule has 1 amide bonds. The highest BCUT2D eigenvalue weighted by Crippen LogP contribution is 2.48. The number of amides is 1. The molecule has 3 aromatic heterocycles. The van der Waals surface area contributed by atoms with Crippen molar-refractivity contribution in [1.29, 1.82) is 0 Å². The van der Waals surface area contributed by atoms with E-state index in [9.17, 15) is 9.59 Å². The lowest BCUT2D eigenvalue weighted by Crippen LogP contribution is -2.39. The highest BCUT2D eigenvalue weighted by atomic mass is 32.1. The Hall–Kier alpha value is -3.73. The summed E-state index contributed by atoms with van der Waals surface area (Å²) in [5, 5.41) is 4.03. The van der Waals surface area contributed by atoms with Crippen molar-refractivity contribution in [3.8, 4) is 10.6 Å². The van der Waals surface area contributed by atoms with Gasteiger partial charge in [-0.3, -0.25) is 4.79 Å². The Labute approximate surface area is 229 Å². The van der Waals surface area contributed by atoms with Gasteiger partial charge in [0.15, 0.2) is 0 Å². The maximum Gasteiger partial charge on any atom is 0.373 e. The lowest BCUT2D eigenvalue weighted by Gasteiger charge is -2.36. The second-order valence-electron chi connectivity index (χ2n) is 10.2. The fourth-order valence-corrected chi connectivity index (χ4v) is 6.21. The van der Waals surface area contributed by atoms with Crippen LogP contribution in [0.5, 0.6) is 0 Å². The summed E-state index contributed by atoms with van der Waals surface area (Å²) in [6, 6.07) is 12.4. The molecule has 1 N–H and O–H groups in total. The van der Waals surface area contributed by atoms with Gasteiger partial charge in [0.05, 0.1) is 43.1 Å². The Bertz CT molecular complexity index is 1550. The second-order valence-corrected chi connectivity index (χ2v) is 11.2. The fraction of sp³-hybridized carbons (Fsp3) is 0.345. The van der Waals surface area contributed by atoms with Crippen LogP contribution in [0.1, 0.15) is 45.9 Å². The van der Waals surface area contributed by atoms with Crippen LogP contribution in [0.2, 0.25) is 0 Å². The van der Waals surface area contributed by atoms with E-state index in [0.29, 0.717) is 48.1 Å². The average Bonchev–Trinajstić information content (AvgIpc) is 3.58. The van der Waals surface area contributed by atoms with Crippen molar-refractivity contribution >= 4 is 44.9 Å². The van der Waals surface area contributed by atoms with Crippen molar-refractivity contribution in [3.05, 3.63) is 64.9 Å². The molecule has 1 saturated heterocycles. The maximum absolute atomic E-state index is 13.4. The van der Waals surface area contributed by atoms with E-state index >= 15 is 0 Å². The summed E-state index contributed by atoms with van der Waals surface area (Å²) in [5.74, 6) is 0.619. The van der Waals surface area contributed by atoms with Crippen molar-refractivity contribution in [2.24, 2.45) is 0 Å². The quantitative estimate of drug-likeness (QED) is 0.337. The smallest absolute Gasteiger partial charge is 0.373 e. The van der Waals surface area contributed by atoms with E-state index in [1.54, 1.807) is 24.3 Å². The highest BCUT2D eigenvalue weighted by molar-refractivity contribution is 7.22. The number of nitrogens with one attached hydrogen (secondary N) is 1. The number of methoxy groups -OCH3 is 1. The minimum Gasteiger partial charge on any atom is -0.463 e. The summed E-state index contributed by atoms with van der Waals surface area (Å²) >= 11 is 1.43. The Balaban J connectivity index is 1.57. The summed E-state index contributed by atoms with van der Waals surface area (Å²) in [4.78, 5) is 34.4. The van der Waals surface area contributed by atoms with Gasteiger partial charge in [-0.15, -0.1) is 11.3 Å². The molecule has 0 spiro atoms. The summed E-state index contributed by atoms with van der Waals surface area (Å²) in [6.45, 7) is 7.32. The van der Waals surface area contributed by atoms with Gasteiger partial charge in [-0.1, -0.05) is 18.2 Å². The molecule has 0 unspecified atom stereocenters. The zero-order valence-corrected chi connectivity index (χ0v) is 22.9. The van der Waals surface area contributed by atoms with E-state index < -0.39 is 11.6 Å². The van der Waals surface area contributed by atoms with E-state index in [1.807, 2.05) is 18.2 Å². The molecule has 0 saturated carbocycles. The number of carbonyl (C=O) groups is 2. The monoisotopic (exact) mass is 547 g/mol. The summed E-state index contributed by atoms with van der Waals surface area (Å²) < 4.78 is 22.6. The number of thiophene rings is 1. The van der Waals surface area contributed by atoms with Crippen molar-refractivity contribution in [2.45, 2.75) is 32.5 Å².